The Morgan fingerprint density at radius 1 is 0.973 bits per heavy atom. The summed E-state index contributed by atoms with van der Waals surface area (Å²) in [5.74, 6) is 0.403. The lowest BCUT2D eigenvalue weighted by atomic mass is 9.84. The molecular weight excluding hydrogens is 525 g/mol. The van der Waals surface area contributed by atoms with Gasteiger partial charge in [-0.1, -0.05) is 66.2 Å². The van der Waals surface area contributed by atoms with Crippen molar-refractivity contribution in [2.45, 2.75) is 70.8 Å². The van der Waals surface area contributed by atoms with Crippen LogP contribution in [0.1, 0.15) is 85.6 Å². The molecule has 1 amide bonds. The Morgan fingerprint density at radius 2 is 1.68 bits per heavy atom. The Hall–Kier alpha value is -2.27. The van der Waals surface area contributed by atoms with Crippen LogP contribution in [0.15, 0.2) is 42.5 Å². The van der Waals surface area contributed by atoms with Crippen LogP contribution in [0.3, 0.4) is 0 Å². The predicted molar refractivity (Wildman–Crippen MR) is 154 cm³/mol. The maximum Gasteiger partial charge on any atom is 0.272 e. The lowest BCUT2D eigenvalue weighted by Crippen LogP contribution is -2.39. The number of benzene rings is 2. The largest absolute Gasteiger partial charge is 0.348 e. The molecule has 1 N–H and O–H groups in total. The van der Waals surface area contributed by atoms with Crippen molar-refractivity contribution in [2.24, 2.45) is 5.92 Å². The zero-order valence-corrected chi connectivity index (χ0v) is 23.3. The first-order chi connectivity index (χ1) is 17.9. The van der Waals surface area contributed by atoms with E-state index in [0.29, 0.717) is 32.4 Å². The van der Waals surface area contributed by atoms with Gasteiger partial charge in [0.25, 0.3) is 5.91 Å². The number of amides is 1. The molecular formula is C30H32Cl3N3O. The van der Waals surface area contributed by atoms with Gasteiger partial charge in [-0.15, -0.1) is 0 Å². The van der Waals surface area contributed by atoms with Crippen molar-refractivity contribution < 1.29 is 4.79 Å². The van der Waals surface area contributed by atoms with Crippen molar-refractivity contribution in [2.75, 3.05) is 0 Å². The number of aromatic nitrogens is 2. The van der Waals surface area contributed by atoms with E-state index < -0.39 is 0 Å². The van der Waals surface area contributed by atoms with E-state index in [1.165, 1.54) is 32.1 Å². The van der Waals surface area contributed by atoms with Crippen LogP contribution in [0.4, 0.5) is 0 Å². The molecule has 3 aromatic rings. The van der Waals surface area contributed by atoms with Gasteiger partial charge in [-0.3, -0.25) is 4.79 Å². The van der Waals surface area contributed by atoms with Gasteiger partial charge in [0.2, 0.25) is 0 Å². The number of hydrogen-bond donors (Lipinski definition) is 1. The van der Waals surface area contributed by atoms with Gasteiger partial charge >= 0.3 is 0 Å². The first-order valence-corrected chi connectivity index (χ1v) is 14.4. The zero-order valence-electron chi connectivity index (χ0n) is 21.1. The van der Waals surface area contributed by atoms with Crippen molar-refractivity contribution in [1.29, 1.82) is 0 Å². The Balaban J connectivity index is 1.61. The number of allylic oxidation sites excluding steroid dienone is 1. The highest BCUT2D eigenvalue weighted by atomic mass is 35.5. The van der Waals surface area contributed by atoms with E-state index in [2.05, 4.69) is 18.3 Å². The van der Waals surface area contributed by atoms with E-state index in [0.717, 1.165) is 48.1 Å². The molecule has 2 aliphatic rings. The minimum absolute atomic E-state index is 0.109. The quantitative estimate of drug-likeness (QED) is 0.319. The first kappa shape index (κ1) is 26.3. The Kier molecular flexibility index (Phi) is 8.28. The van der Waals surface area contributed by atoms with Crippen molar-refractivity contribution in [1.82, 2.24) is 15.1 Å². The average Bonchev–Trinajstić information content (AvgIpc) is 3.16. The normalized spacial score (nSPS) is 18.3. The summed E-state index contributed by atoms with van der Waals surface area (Å²) < 4.78 is 1.83. The fourth-order valence-corrected chi connectivity index (χ4v) is 6.18. The zero-order chi connectivity index (χ0) is 25.9. The van der Waals surface area contributed by atoms with Crippen molar-refractivity contribution in [3.8, 4) is 5.69 Å². The summed E-state index contributed by atoms with van der Waals surface area (Å²) in [5, 5.41) is 10.0. The second kappa shape index (κ2) is 11.6. The summed E-state index contributed by atoms with van der Waals surface area (Å²) in [4.78, 5) is 13.7. The third kappa shape index (κ3) is 5.92. The van der Waals surface area contributed by atoms with Crippen LogP contribution in [-0.2, 0) is 6.42 Å². The van der Waals surface area contributed by atoms with E-state index in [9.17, 15) is 4.79 Å². The second-order valence-corrected chi connectivity index (χ2v) is 11.6. The number of nitrogens with one attached hydrogen (secondary N) is 1. The molecule has 1 aromatic heterocycles. The monoisotopic (exact) mass is 555 g/mol. The third-order valence-corrected chi connectivity index (χ3v) is 8.50. The molecule has 1 heterocycles. The van der Waals surface area contributed by atoms with Gasteiger partial charge in [0.1, 0.15) is 0 Å². The molecule has 1 fully saturated rings. The summed E-state index contributed by atoms with van der Waals surface area (Å²) in [6.07, 6.45) is 11.9. The van der Waals surface area contributed by atoms with E-state index in [1.807, 2.05) is 35.0 Å². The Bertz CT molecular complexity index is 1310. The van der Waals surface area contributed by atoms with Gasteiger partial charge in [0, 0.05) is 21.7 Å². The molecule has 194 valence electrons. The van der Waals surface area contributed by atoms with Gasteiger partial charge in [0.15, 0.2) is 5.69 Å². The predicted octanol–water partition coefficient (Wildman–Crippen LogP) is 8.80. The molecule has 2 aromatic carbocycles. The first-order valence-electron chi connectivity index (χ1n) is 13.3. The van der Waals surface area contributed by atoms with Crippen LogP contribution >= 0.6 is 34.8 Å². The minimum Gasteiger partial charge on any atom is -0.348 e. The highest BCUT2D eigenvalue weighted by molar-refractivity contribution is 6.34. The maximum absolute atomic E-state index is 13.7. The molecule has 4 nitrogen and oxygen atoms in total. The van der Waals surface area contributed by atoms with Gasteiger partial charge < -0.3 is 5.32 Å². The molecule has 0 saturated heterocycles. The molecule has 0 unspecified atom stereocenters. The van der Waals surface area contributed by atoms with Crippen LogP contribution < -0.4 is 5.32 Å². The number of hydrogen-bond acceptors (Lipinski definition) is 2. The fourth-order valence-electron chi connectivity index (χ4n) is 5.69. The number of fused-ring (bicyclic) bond motifs is 1. The Morgan fingerprint density at radius 3 is 2.43 bits per heavy atom. The number of carbonyl (C=O) groups excluding carboxylic acids is 1. The highest BCUT2D eigenvalue weighted by Gasteiger charge is 2.30. The van der Waals surface area contributed by atoms with Crippen LogP contribution in [0.5, 0.6) is 0 Å². The van der Waals surface area contributed by atoms with Crippen molar-refractivity contribution in [3.05, 3.63) is 80.0 Å². The highest BCUT2D eigenvalue weighted by Crippen LogP contribution is 2.37. The fraction of sp³-hybridized carbons (Fsp3) is 0.400. The van der Waals surface area contributed by atoms with Crippen LogP contribution in [0.25, 0.3) is 17.3 Å². The maximum atomic E-state index is 13.7. The molecule has 0 radical (unpaired) electrons. The van der Waals surface area contributed by atoms with Gasteiger partial charge in [0.05, 0.1) is 16.4 Å². The third-order valence-electron chi connectivity index (χ3n) is 7.69. The summed E-state index contributed by atoms with van der Waals surface area (Å²) in [5.41, 5.74) is 5.24. The summed E-state index contributed by atoms with van der Waals surface area (Å²) in [6.45, 7) is 2.13. The van der Waals surface area contributed by atoms with E-state index in [1.54, 1.807) is 12.1 Å². The number of rotatable bonds is 5. The molecule has 2 aliphatic carbocycles. The van der Waals surface area contributed by atoms with E-state index in [-0.39, 0.29) is 11.9 Å². The lowest BCUT2D eigenvalue weighted by Gasteiger charge is -2.28. The second-order valence-electron chi connectivity index (χ2n) is 10.3. The lowest BCUT2D eigenvalue weighted by molar-refractivity contribution is 0.0913. The number of nitrogens with zero attached hydrogens (tertiary/aromatic N) is 2. The summed E-state index contributed by atoms with van der Waals surface area (Å²) in [7, 11) is 0. The molecule has 0 spiro atoms. The standard InChI is InChI=1S/C30H32Cl3N3O/c1-19(21-7-3-2-4-8-21)34-30(37)28-25-10-6-5-9-22(17-20-11-13-23(31)14-12-20)29(25)36(35-28)27-18-24(32)15-16-26(27)33/h11-19,21H,2-10H2,1H3,(H,34,37)/b22-17+/t19-/m1/s1. The minimum atomic E-state index is -0.112. The molecule has 0 aliphatic heterocycles. The smallest absolute Gasteiger partial charge is 0.272 e. The van der Waals surface area contributed by atoms with Crippen LogP contribution in [0, 0.1) is 5.92 Å². The van der Waals surface area contributed by atoms with Gasteiger partial charge in [-0.05, 0) is 98.9 Å². The van der Waals surface area contributed by atoms with Crippen LogP contribution in [-0.4, -0.2) is 21.7 Å². The van der Waals surface area contributed by atoms with Crippen molar-refractivity contribution in [3.63, 3.8) is 0 Å². The molecule has 7 heteroatoms. The topological polar surface area (TPSA) is 46.9 Å². The summed E-state index contributed by atoms with van der Waals surface area (Å²) in [6, 6.07) is 13.3. The molecule has 1 atom stereocenters. The molecule has 37 heavy (non-hydrogen) atoms. The van der Waals surface area contributed by atoms with Gasteiger partial charge in [-0.2, -0.15) is 5.10 Å². The molecule has 5 rings (SSSR count). The number of halogens is 3. The SMILES string of the molecule is C[C@@H](NC(=O)c1nn(-c2cc(Cl)ccc2Cl)c2c1CCCC/C2=C\c1ccc(Cl)cc1)C1CCCCC1. The van der Waals surface area contributed by atoms with Crippen LogP contribution in [0.2, 0.25) is 15.1 Å². The Labute approximate surface area is 234 Å². The van der Waals surface area contributed by atoms with E-state index >= 15 is 0 Å². The number of carbonyl (C=O) groups is 1. The van der Waals surface area contributed by atoms with E-state index in [4.69, 9.17) is 39.9 Å². The molecule has 0 bridgehead atoms. The van der Waals surface area contributed by atoms with Gasteiger partial charge in [-0.25, -0.2) is 4.68 Å². The molecule has 1 saturated carbocycles. The average molecular weight is 557 g/mol. The van der Waals surface area contributed by atoms with Crippen molar-refractivity contribution >= 4 is 52.4 Å². The summed E-state index contributed by atoms with van der Waals surface area (Å²) >= 11 is 19.2.